The molecule has 1 aliphatic heterocycles. The van der Waals surface area contributed by atoms with E-state index < -0.39 is 5.91 Å². The first-order chi connectivity index (χ1) is 12.5. The van der Waals surface area contributed by atoms with Crippen molar-refractivity contribution < 1.29 is 14.3 Å². The average molecular weight is 365 g/mol. The average Bonchev–Trinajstić information content (AvgIpc) is 2.85. The molecular weight excluding hydrogens is 352 g/mol. The summed E-state index contributed by atoms with van der Waals surface area (Å²) in [6.07, 6.45) is 0. The first-order valence-electron chi connectivity index (χ1n) is 7.85. The summed E-state index contributed by atoms with van der Waals surface area (Å²) in [6, 6.07) is 18.4. The van der Waals surface area contributed by atoms with Crippen molar-refractivity contribution in [3.05, 3.63) is 82.9 Å². The Hall–Kier alpha value is -3.31. The molecule has 0 unspecified atom stereocenters. The summed E-state index contributed by atoms with van der Waals surface area (Å²) >= 11 is 5.98. The highest BCUT2D eigenvalue weighted by atomic mass is 35.5. The van der Waals surface area contributed by atoms with E-state index in [-0.39, 0.29) is 11.5 Å². The first kappa shape index (κ1) is 16.2. The van der Waals surface area contributed by atoms with Crippen molar-refractivity contribution in [2.75, 3.05) is 10.6 Å². The maximum absolute atomic E-state index is 12.8. The van der Waals surface area contributed by atoms with Crippen molar-refractivity contribution in [2.24, 2.45) is 0 Å². The molecule has 0 aliphatic carbocycles. The van der Waals surface area contributed by atoms with Gasteiger partial charge in [0.1, 0.15) is 11.5 Å². The summed E-state index contributed by atoms with van der Waals surface area (Å²) in [4.78, 5) is 26.5. The summed E-state index contributed by atoms with van der Waals surface area (Å²) in [5, 5.41) is 0.449. The van der Waals surface area contributed by atoms with Gasteiger partial charge in [-0.25, -0.2) is 4.90 Å². The van der Waals surface area contributed by atoms with Gasteiger partial charge in [0, 0.05) is 16.8 Å². The Morgan fingerprint density at radius 1 is 0.808 bits per heavy atom. The van der Waals surface area contributed by atoms with Crippen LogP contribution in [0.4, 0.5) is 11.4 Å². The highest BCUT2D eigenvalue weighted by molar-refractivity contribution is 6.35. The summed E-state index contributed by atoms with van der Waals surface area (Å²) in [6.45, 7) is 0. The second kappa shape index (κ2) is 6.20. The monoisotopic (exact) mass is 364 g/mol. The van der Waals surface area contributed by atoms with Crippen LogP contribution in [0.15, 0.2) is 66.7 Å². The fourth-order valence-corrected chi connectivity index (χ4v) is 3.03. The molecule has 0 bridgehead atoms. The molecule has 1 aliphatic rings. The van der Waals surface area contributed by atoms with Gasteiger partial charge in [-0.1, -0.05) is 23.7 Å². The molecule has 0 fully saturated rings. The highest BCUT2D eigenvalue weighted by Gasteiger charge is 2.37. The number of hydrogen-bond acceptors (Lipinski definition) is 4. The number of imide groups is 1. The van der Waals surface area contributed by atoms with Gasteiger partial charge in [0.25, 0.3) is 11.8 Å². The van der Waals surface area contributed by atoms with E-state index in [1.165, 1.54) is 0 Å². The predicted molar refractivity (Wildman–Crippen MR) is 100.0 cm³/mol. The summed E-state index contributed by atoms with van der Waals surface area (Å²) in [5.41, 5.74) is 7.36. The fraction of sp³-hybridized carbons (Fsp3) is 0. The molecule has 26 heavy (non-hydrogen) atoms. The molecule has 3 aromatic rings. The lowest BCUT2D eigenvalue weighted by molar-refractivity contribution is 0.0926. The molecule has 128 valence electrons. The van der Waals surface area contributed by atoms with Gasteiger partial charge < -0.3 is 10.5 Å². The predicted octanol–water partition coefficient (Wildman–Crippen LogP) is 4.52. The quantitative estimate of drug-likeness (QED) is 0.548. The molecule has 5 nitrogen and oxygen atoms in total. The van der Waals surface area contributed by atoms with Gasteiger partial charge in [0.15, 0.2) is 0 Å². The number of carbonyl (C=O) groups excluding carboxylic acids is 2. The van der Waals surface area contributed by atoms with Gasteiger partial charge in [-0.05, 0) is 48.5 Å². The standard InChI is InChI=1S/C20H13ClN2O3/c21-12-3-1-5-14(9-12)23-19(24)17-8-7-16(11-18(17)20(23)25)26-15-6-2-4-13(22)10-15/h1-11H,22H2. The number of amides is 2. The van der Waals surface area contributed by atoms with Gasteiger partial charge >= 0.3 is 0 Å². The lowest BCUT2D eigenvalue weighted by atomic mass is 10.1. The van der Waals surface area contributed by atoms with Crippen LogP contribution in [0.2, 0.25) is 5.02 Å². The summed E-state index contributed by atoms with van der Waals surface area (Å²) in [7, 11) is 0. The van der Waals surface area contributed by atoms with E-state index in [2.05, 4.69) is 0 Å². The van der Waals surface area contributed by atoms with Crippen LogP contribution >= 0.6 is 11.6 Å². The van der Waals surface area contributed by atoms with E-state index in [0.29, 0.717) is 33.5 Å². The summed E-state index contributed by atoms with van der Waals surface area (Å²) < 4.78 is 5.74. The largest absolute Gasteiger partial charge is 0.457 e. The number of hydrogen-bond donors (Lipinski definition) is 1. The molecule has 0 atom stereocenters. The summed E-state index contributed by atoms with van der Waals surface area (Å²) in [5.74, 6) is 0.199. The van der Waals surface area contributed by atoms with Crippen LogP contribution in [-0.4, -0.2) is 11.8 Å². The minimum absolute atomic E-state index is 0.288. The normalized spacial score (nSPS) is 13.0. The maximum Gasteiger partial charge on any atom is 0.266 e. The SMILES string of the molecule is Nc1cccc(Oc2ccc3c(c2)C(=O)N(c2cccc(Cl)c2)C3=O)c1. The zero-order valence-electron chi connectivity index (χ0n) is 13.5. The van der Waals surface area contributed by atoms with Crippen LogP contribution in [-0.2, 0) is 0 Å². The van der Waals surface area contributed by atoms with Crippen molar-refractivity contribution in [3.8, 4) is 11.5 Å². The lowest BCUT2D eigenvalue weighted by Crippen LogP contribution is -2.29. The van der Waals surface area contributed by atoms with E-state index in [9.17, 15) is 9.59 Å². The maximum atomic E-state index is 12.8. The number of nitrogens with zero attached hydrogens (tertiary/aromatic N) is 1. The van der Waals surface area contributed by atoms with Gasteiger partial charge in [0.2, 0.25) is 0 Å². The molecule has 1 heterocycles. The Kier molecular flexibility index (Phi) is 3.86. The topological polar surface area (TPSA) is 72.6 Å². The van der Waals surface area contributed by atoms with Crippen molar-refractivity contribution in [2.45, 2.75) is 0 Å². The number of nitrogens with two attached hydrogens (primary N) is 1. The molecular formula is C20H13ClN2O3. The van der Waals surface area contributed by atoms with Gasteiger partial charge in [-0.3, -0.25) is 9.59 Å². The van der Waals surface area contributed by atoms with Gasteiger partial charge in [-0.2, -0.15) is 0 Å². The Bertz CT molecular complexity index is 1050. The molecule has 0 saturated heterocycles. The minimum atomic E-state index is -0.412. The first-order valence-corrected chi connectivity index (χ1v) is 8.22. The smallest absolute Gasteiger partial charge is 0.266 e. The van der Waals surface area contributed by atoms with Gasteiger partial charge in [-0.15, -0.1) is 0 Å². The third-order valence-electron chi connectivity index (χ3n) is 4.02. The van der Waals surface area contributed by atoms with Crippen molar-refractivity contribution in [3.63, 3.8) is 0 Å². The number of rotatable bonds is 3. The number of halogens is 1. The third-order valence-corrected chi connectivity index (χ3v) is 4.25. The number of anilines is 2. The van der Waals surface area contributed by atoms with Crippen LogP contribution < -0.4 is 15.4 Å². The lowest BCUT2D eigenvalue weighted by Gasteiger charge is -2.13. The fourth-order valence-electron chi connectivity index (χ4n) is 2.85. The van der Waals surface area contributed by atoms with Crippen LogP contribution in [0, 0.1) is 0 Å². The Labute approximate surface area is 154 Å². The number of benzene rings is 3. The van der Waals surface area contributed by atoms with Crippen molar-refractivity contribution in [1.29, 1.82) is 0 Å². The minimum Gasteiger partial charge on any atom is -0.457 e. The molecule has 6 heteroatoms. The van der Waals surface area contributed by atoms with E-state index >= 15 is 0 Å². The van der Waals surface area contributed by atoms with Crippen LogP contribution in [0.1, 0.15) is 20.7 Å². The molecule has 0 aromatic heterocycles. The molecule has 3 aromatic carbocycles. The second-order valence-corrected chi connectivity index (χ2v) is 6.24. The van der Waals surface area contributed by atoms with Crippen LogP contribution in [0.3, 0.4) is 0 Å². The zero-order valence-corrected chi connectivity index (χ0v) is 14.2. The third kappa shape index (κ3) is 2.78. The number of fused-ring (bicyclic) bond motifs is 1. The van der Waals surface area contributed by atoms with E-state index in [4.69, 9.17) is 22.1 Å². The van der Waals surface area contributed by atoms with Crippen LogP contribution in [0.25, 0.3) is 0 Å². The van der Waals surface area contributed by atoms with Crippen molar-refractivity contribution in [1.82, 2.24) is 0 Å². The Morgan fingerprint density at radius 2 is 1.54 bits per heavy atom. The molecule has 0 radical (unpaired) electrons. The number of carbonyl (C=O) groups is 2. The van der Waals surface area contributed by atoms with E-state index in [1.807, 2.05) is 0 Å². The zero-order chi connectivity index (χ0) is 18.3. The van der Waals surface area contributed by atoms with E-state index in [1.54, 1.807) is 66.7 Å². The molecule has 4 rings (SSSR count). The Balaban J connectivity index is 1.68. The van der Waals surface area contributed by atoms with Gasteiger partial charge in [0.05, 0.1) is 16.8 Å². The van der Waals surface area contributed by atoms with Crippen molar-refractivity contribution >= 4 is 34.8 Å². The van der Waals surface area contributed by atoms with Crippen LogP contribution in [0.5, 0.6) is 11.5 Å². The molecule has 2 amide bonds. The molecule has 0 saturated carbocycles. The number of ether oxygens (including phenoxy) is 1. The highest BCUT2D eigenvalue weighted by Crippen LogP contribution is 2.33. The molecule has 2 N–H and O–H groups in total. The second-order valence-electron chi connectivity index (χ2n) is 5.81. The molecule has 0 spiro atoms. The van der Waals surface area contributed by atoms with E-state index in [0.717, 1.165) is 4.90 Å². The Morgan fingerprint density at radius 3 is 2.31 bits per heavy atom. The number of nitrogen functional groups attached to an aromatic ring is 1.